The molecule has 1 rings (SSSR count). The number of rotatable bonds is 3. The first-order valence-corrected chi connectivity index (χ1v) is 4.77. The van der Waals surface area contributed by atoms with Gasteiger partial charge in [0.15, 0.2) is 0 Å². The fourth-order valence-electron chi connectivity index (χ4n) is 1.59. The van der Waals surface area contributed by atoms with Crippen molar-refractivity contribution in [3.63, 3.8) is 0 Å². The number of nitrogens with zero attached hydrogens (tertiary/aromatic N) is 1. The summed E-state index contributed by atoms with van der Waals surface area (Å²) in [4.78, 5) is 24.5. The molecule has 0 N–H and O–H groups in total. The van der Waals surface area contributed by atoms with Crippen molar-refractivity contribution in [3.05, 3.63) is 0 Å². The van der Waals surface area contributed by atoms with Crippen LogP contribution in [0.15, 0.2) is 0 Å². The molecule has 1 aliphatic rings. The average Bonchev–Trinajstić information content (AvgIpc) is 2.27. The molecule has 0 radical (unpaired) electrons. The SMILES string of the molecule is C#CCCCN1C(=O)CC(C)(C)C1=O. The third kappa shape index (κ3) is 1.95. The van der Waals surface area contributed by atoms with E-state index in [0.717, 1.165) is 0 Å². The largest absolute Gasteiger partial charge is 0.282 e. The number of carbonyl (C=O) groups excluding carboxylic acids is 2. The highest BCUT2D eigenvalue weighted by atomic mass is 16.2. The Labute approximate surface area is 84.5 Å². The summed E-state index contributed by atoms with van der Waals surface area (Å²) in [5.41, 5.74) is -0.521. The molecule has 3 nitrogen and oxygen atoms in total. The minimum atomic E-state index is -0.521. The van der Waals surface area contributed by atoms with Crippen LogP contribution in [-0.2, 0) is 9.59 Å². The summed E-state index contributed by atoms with van der Waals surface area (Å²) in [6.07, 6.45) is 6.73. The summed E-state index contributed by atoms with van der Waals surface area (Å²) >= 11 is 0. The van der Waals surface area contributed by atoms with Crippen molar-refractivity contribution in [3.8, 4) is 12.3 Å². The van der Waals surface area contributed by atoms with Crippen LogP contribution < -0.4 is 0 Å². The van der Waals surface area contributed by atoms with Gasteiger partial charge in [-0.15, -0.1) is 12.3 Å². The van der Waals surface area contributed by atoms with Crippen LogP contribution in [0.25, 0.3) is 0 Å². The molecule has 1 fully saturated rings. The van der Waals surface area contributed by atoms with Gasteiger partial charge >= 0.3 is 0 Å². The molecule has 3 heteroatoms. The molecule has 0 aromatic carbocycles. The molecular formula is C11H15NO2. The van der Waals surface area contributed by atoms with Gasteiger partial charge in [0.05, 0.1) is 5.41 Å². The van der Waals surface area contributed by atoms with Gasteiger partial charge in [-0.1, -0.05) is 13.8 Å². The molecule has 1 aliphatic heterocycles. The molecule has 2 amide bonds. The fraction of sp³-hybridized carbons (Fsp3) is 0.636. The molecule has 0 saturated carbocycles. The summed E-state index contributed by atoms with van der Waals surface area (Å²) in [5, 5.41) is 0. The second kappa shape index (κ2) is 3.83. The molecule has 14 heavy (non-hydrogen) atoms. The maximum absolute atomic E-state index is 11.7. The molecule has 76 valence electrons. The topological polar surface area (TPSA) is 37.4 Å². The number of amides is 2. The number of terminal acetylenes is 1. The van der Waals surface area contributed by atoms with Crippen LogP contribution in [0.4, 0.5) is 0 Å². The van der Waals surface area contributed by atoms with Crippen molar-refractivity contribution in [2.45, 2.75) is 33.1 Å². The van der Waals surface area contributed by atoms with E-state index in [0.29, 0.717) is 25.8 Å². The zero-order valence-electron chi connectivity index (χ0n) is 8.67. The average molecular weight is 193 g/mol. The highest BCUT2D eigenvalue weighted by Gasteiger charge is 2.44. The van der Waals surface area contributed by atoms with Crippen LogP contribution in [0, 0.1) is 17.8 Å². The molecule has 0 atom stereocenters. The first kappa shape index (κ1) is 10.8. The number of hydrogen-bond donors (Lipinski definition) is 0. The Balaban J connectivity index is 2.59. The van der Waals surface area contributed by atoms with Crippen molar-refractivity contribution in [2.24, 2.45) is 5.41 Å². The highest BCUT2D eigenvalue weighted by Crippen LogP contribution is 2.31. The van der Waals surface area contributed by atoms with E-state index >= 15 is 0 Å². The molecular weight excluding hydrogens is 178 g/mol. The van der Waals surface area contributed by atoms with Crippen LogP contribution >= 0.6 is 0 Å². The third-order valence-electron chi connectivity index (χ3n) is 2.42. The smallest absolute Gasteiger partial charge is 0.235 e. The fourth-order valence-corrected chi connectivity index (χ4v) is 1.59. The number of carbonyl (C=O) groups is 2. The van der Waals surface area contributed by atoms with Gasteiger partial charge in [-0.3, -0.25) is 14.5 Å². The lowest BCUT2D eigenvalue weighted by molar-refractivity contribution is -0.140. The number of unbranched alkanes of at least 4 members (excludes halogenated alkanes) is 1. The van der Waals surface area contributed by atoms with Crippen molar-refractivity contribution in [2.75, 3.05) is 6.54 Å². The molecule has 0 unspecified atom stereocenters. The van der Waals surface area contributed by atoms with Gasteiger partial charge in [0, 0.05) is 19.4 Å². The first-order chi connectivity index (χ1) is 6.49. The van der Waals surface area contributed by atoms with Crippen molar-refractivity contribution >= 4 is 11.8 Å². The lowest BCUT2D eigenvalue weighted by atomic mass is 9.92. The van der Waals surface area contributed by atoms with Crippen molar-refractivity contribution < 1.29 is 9.59 Å². The zero-order valence-corrected chi connectivity index (χ0v) is 8.67. The Morgan fingerprint density at radius 2 is 2.14 bits per heavy atom. The van der Waals surface area contributed by atoms with E-state index in [9.17, 15) is 9.59 Å². The van der Waals surface area contributed by atoms with Crippen LogP contribution in [0.2, 0.25) is 0 Å². The first-order valence-electron chi connectivity index (χ1n) is 4.77. The molecule has 0 aromatic heterocycles. The van der Waals surface area contributed by atoms with Crippen LogP contribution in [0.3, 0.4) is 0 Å². The molecule has 1 saturated heterocycles. The Hall–Kier alpha value is -1.30. The van der Waals surface area contributed by atoms with Gasteiger partial charge < -0.3 is 0 Å². The molecule has 0 spiro atoms. The van der Waals surface area contributed by atoms with Gasteiger partial charge in [-0.2, -0.15) is 0 Å². The lowest BCUT2D eigenvalue weighted by Gasteiger charge is -2.16. The summed E-state index contributed by atoms with van der Waals surface area (Å²) in [5.74, 6) is 2.35. The van der Waals surface area contributed by atoms with Gasteiger partial charge in [-0.05, 0) is 6.42 Å². The molecule has 1 heterocycles. The van der Waals surface area contributed by atoms with E-state index in [1.807, 2.05) is 0 Å². The van der Waals surface area contributed by atoms with Gasteiger partial charge in [-0.25, -0.2) is 0 Å². The zero-order chi connectivity index (χ0) is 10.8. The van der Waals surface area contributed by atoms with E-state index in [4.69, 9.17) is 6.42 Å². The van der Waals surface area contributed by atoms with Crippen molar-refractivity contribution in [1.82, 2.24) is 4.90 Å². The minimum Gasteiger partial charge on any atom is -0.282 e. The second-order valence-corrected chi connectivity index (χ2v) is 4.22. The predicted octanol–water partition coefficient (Wildman–Crippen LogP) is 1.18. The van der Waals surface area contributed by atoms with E-state index < -0.39 is 5.41 Å². The Bertz CT molecular complexity index is 299. The predicted molar refractivity (Wildman–Crippen MR) is 53.2 cm³/mol. The number of hydrogen-bond acceptors (Lipinski definition) is 2. The maximum atomic E-state index is 11.7. The van der Waals surface area contributed by atoms with Crippen LogP contribution in [0.5, 0.6) is 0 Å². The van der Waals surface area contributed by atoms with E-state index in [2.05, 4.69) is 5.92 Å². The Kier molecular flexibility index (Phi) is 2.95. The van der Waals surface area contributed by atoms with E-state index in [1.165, 1.54) is 4.90 Å². The van der Waals surface area contributed by atoms with E-state index in [1.54, 1.807) is 13.8 Å². The summed E-state index contributed by atoms with van der Waals surface area (Å²) in [7, 11) is 0. The number of likely N-dealkylation sites (tertiary alicyclic amines) is 1. The third-order valence-corrected chi connectivity index (χ3v) is 2.42. The quantitative estimate of drug-likeness (QED) is 0.383. The van der Waals surface area contributed by atoms with Crippen molar-refractivity contribution in [1.29, 1.82) is 0 Å². The van der Waals surface area contributed by atoms with Crippen LogP contribution in [-0.4, -0.2) is 23.3 Å². The van der Waals surface area contributed by atoms with Gasteiger partial charge in [0.2, 0.25) is 11.8 Å². The maximum Gasteiger partial charge on any atom is 0.235 e. The highest BCUT2D eigenvalue weighted by molar-refractivity contribution is 6.05. The van der Waals surface area contributed by atoms with Gasteiger partial charge in [0.25, 0.3) is 0 Å². The second-order valence-electron chi connectivity index (χ2n) is 4.22. The standard InChI is InChI=1S/C11H15NO2/c1-4-5-6-7-12-9(13)8-11(2,3)10(12)14/h1H,5-8H2,2-3H3. The van der Waals surface area contributed by atoms with Crippen LogP contribution in [0.1, 0.15) is 33.1 Å². The Morgan fingerprint density at radius 3 is 2.57 bits per heavy atom. The number of imide groups is 1. The monoisotopic (exact) mass is 193 g/mol. The summed E-state index contributed by atoms with van der Waals surface area (Å²) in [6.45, 7) is 4.06. The molecule has 0 aromatic rings. The normalized spacial score (nSPS) is 19.9. The molecule has 0 bridgehead atoms. The minimum absolute atomic E-state index is 0.0699. The Morgan fingerprint density at radius 1 is 1.50 bits per heavy atom. The van der Waals surface area contributed by atoms with Gasteiger partial charge in [0.1, 0.15) is 0 Å². The summed E-state index contributed by atoms with van der Waals surface area (Å²) < 4.78 is 0. The van der Waals surface area contributed by atoms with E-state index in [-0.39, 0.29) is 11.8 Å². The summed E-state index contributed by atoms with van der Waals surface area (Å²) in [6, 6.07) is 0. The molecule has 0 aliphatic carbocycles. The lowest BCUT2D eigenvalue weighted by Crippen LogP contribution is -2.33.